The van der Waals surface area contributed by atoms with Gasteiger partial charge < -0.3 is 18.6 Å². The largest absolute Gasteiger partial charge is 0.454 e. The second kappa shape index (κ2) is 16.0. The van der Waals surface area contributed by atoms with Crippen LogP contribution in [0.3, 0.4) is 0 Å². The summed E-state index contributed by atoms with van der Waals surface area (Å²) < 4.78 is 13.7. The zero-order valence-electron chi connectivity index (χ0n) is 39.3. The summed E-state index contributed by atoms with van der Waals surface area (Å²) in [5.41, 5.74) is 18.4. The summed E-state index contributed by atoms with van der Waals surface area (Å²) in [6, 6.07) is 88.3. The van der Waals surface area contributed by atoms with Crippen molar-refractivity contribution in [3.05, 3.63) is 276 Å². The van der Waals surface area contributed by atoms with Crippen LogP contribution in [0.25, 0.3) is 65.8 Å². The molecule has 4 nitrogen and oxygen atoms in total. The molecule has 2 aromatic heterocycles. The predicted octanol–water partition coefficient (Wildman–Crippen LogP) is 18.6. The smallest absolute Gasteiger partial charge is 0.159 e. The lowest BCUT2D eigenvalue weighted by Crippen LogP contribution is -2.29. The van der Waals surface area contributed by atoms with Crippen molar-refractivity contribution in [2.75, 3.05) is 9.80 Å². The van der Waals surface area contributed by atoms with Crippen LogP contribution in [-0.4, -0.2) is 0 Å². The Labute approximate surface area is 411 Å². The molecule has 0 amide bonds. The highest BCUT2D eigenvalue weighted by atomic mass is 16.3. The third-order valence-corrected chi connectivity index (χ3v) is 14.8. The van der Waals surface area contributed by atoms with Crippen molar-refractivity contribution >= 4 is 88.8 Å². The number of para-hydroxylation sites is 4. The summed E-state index contributed by atoms with van der Waals surface area (Å²) in [5, 5.41) is 6.69. The van der Waals surface area contributed by atoms with Gasteiger partial charge in [0.25, 0.3) is 0 Å². The van der Waals surface area contributed by atoms with Gasteiger partial charge in [-0.3, -0.25) is 0 Å². The van der Waals surface area contributed by atoms with Gasteiger partial charge in [-0.2, -0.15) is 0 Å². The maximum absolute atomic E-state index is 6.88. The van der Waals surface area contributed by atoms with Gasteiger partial charge in [0.2, 0.25) is 0 Å². The number of hydrogen-bond donors (Lipinski definition) is 0. The number of rotatable bonds is 8. The highest BCUT2D eigenvalue weighted by Crippen LogP contribution is 2.61. The normalized spacial score (nSPS) is 12.8. The molecular formula is C67H46N2O2. The second-order valence-corrected chi connectivity index (χ2v) is 18.9. The molecule has 336 valence electrons. The number of furan rings is 2. The summed E-state index contributed by atoms with van der Waals surface area (Å²) in [5.74, 6) is 0. The molecular weight excluding hydrogens is 865 g/mol. The maximum atomic E-state index is 6.88. The number of hydrogen-bond acceptors (Lipinski definition) is 4. The molecule has 0 unspecified atom stereocenters. The number of aryl methyl sites for hydroxylation is 2. The van der Waals surface area contributed by atoms with Crippen LogP contribution in [0.5, 0.6) is 0 Å². The Balaban J connectivity index is 1.10. The first-order valence-electron chi connectivity index (χ1n) is 24.4. The fourth-order valence-corrected chi connectivity index (χ4v) is 11.8. The third-order valence-electron chi connectivity index (χ3n) is 14.8. The predicted molar refractivity (Wildman–Crippen MR) is 295 cm³/mol. The summed E-state index contributed by atoms with van der Waals surface area (Å²) in [4.78, 5) is 4.82. The molecule has 0 atom stereocenters. The lowest BCUT2D eigenvalue weighted by atomic mass is 9.67. The number of fused-ring (bicyclic) bond motifs is 11. The van der Waals surface area contributed by atoms with Crippen LogP contribution in [0.1, 0.15) is 33.4 Å². The molecule has 0 N–H and O–H groups in total. The van der Waals surface area contributed by atoms with Crippen molar-refractivity contribution in [2.24, 2.45) is 0 Å². The highest BCUT2D eigenvalue weighted by molar-refractivity contribution is 6.15. The van der Waals surface area contributed by atoms with Crippen LogP contribution in [0.4, 0.5) is 34.1 Å². The van der Waals surface area contributed by atoms with E-state index in [9.17, 15) is 0 Å². The van der Waals surface area contributed by atoms with Gasteiger partial charge in [0, 0.05) is 44.0 Å². The Morgan fingerprint density at radius 1 is 0.324 bits per heavy atom. The second-order valence-electron chi connectivity index (χ2n) is 18.9. The summed E-state index contributed by atoms with van der Waals surface area (Å²) in [7, 11) is 0. The van der Waals surface area contributed by atoms with Crippen LogP contribution in [0.2, 0.25) is 0 Å². The standard InChI is InChI=1S/C67H46N2O2/c1-43-19-15-25-47(39-43)68(59-33-17-31-54-51-28-11-13-35-62(51)70-65(54)59)49-37-38-56-57(41-49)67(45-21-5-3-6-22-45,46-23-7-4-8-24-46)58-42-61(50-27-9-10-30-53(50)64(56)58)69(48-26-16-20-44(2)40-48)60-34-18-32-55-52-29-12-14-36-63(52)71-66(55)60/h3-42H,1-2H3. The lowest BCUT2D eigenvalue weighted by Gasteiger charge is -2.36. The average Bonchev–Trinajstić information content (AvgIpc) is 4.09. The number of nitrogens with zero attached hydrogens (tertiary/aromatic N) is 2. The minimum atomic E-state index is -0.755. The summed E-state index contributed by atoms with van der Waals surface area (Å²) in [6.07, 6.45) is 0. The topological polar surface area (TPSA) is 32.8 Å². The van der Waals surface area contributed by atoms with Crippen LogP contribution >= 0.6 is 0 Å². The van der Waals surface area contributed by atoms with E-state index in [1.165, 1.54) is 49.9 Å². The molecule has 0 radical (unpaired) electrons. The van der Waals surface area contributed by atoms with E-state index in [0.29, 0.717) is 0 Å². The van der Waals surface area contributed by atoms with E-state index < -0.39 is 5.41 Å². The van der Waals surface area contributed by atoms with Gasteiger partial charge in [-0.05, 0) is 130 Å². The van der Waals surface area contributed by atoms with Gasteiger partial charge in [0.1, 0.15) is 11.2 Å². The average molecular weight is 911 g/mol. The molecule has 1 aliphatic carbocycles. The van der Waals surface area contributed by atoms with E-state index in [1.54, 1.807) is 0 Å². The lowest BCUT2D eigenvalue weighted by molar-refractivity contribution is 0.668. The van der Waals surface area contributed by atoms with E-state index in [0.717, 1.165) is 83.4 Å². The summed E-state index contributed by atoms with van der Waals surface area (Å²) in [6.45, 7) is 4.33. The highest BCUT2D eigenvalue weighted by Gasteiger charge is 2.48. The fourth-order valence-electron chi connectivity index (χ4n) is 11.8. The monoisotopic (exact) mass is 910 g/mol. The van der Waals surface area contributed by atoms with Gasteiger partial charge >= 0.3 is 0 Å². The molecule has 0 saturated heterocycles. The van der Waals surface area contributed by atoms with Crippen LogP contribution < -0.4 is 9.80 Å². The molecule has 1 aliphatic rings. The first-order valence-corrected chi connectivity index (χ1v) is 24.4. The van der Waals surface area contributed by atoms with Crippen molar-refractivity contribution in [3.63, 3.8) is 0 Å². The number of benzene rings is 11. The van der Waals surface area contributed by atoms with Gasteiger partial charge in [-0.25, -0.2) is 0 Å². The Bertz CT molecular complexity index is 4180. The van der Waals surface area contributed by atoms with Gasteiger partial charge in [0.15, 0.2) is 11.2 Å². The first kappa shape index (κ1) is 40.9. The van der Waals surface area contributed by atoms with Gasteiger partial charge in [0.05, 0.1) is 22.5 Å². The van der Waals surface area contributed by atoms with Crippen molar-refractivity contribution in [1.29, 1.82) is 0 Å². The molecule has 0 aliphatic heterocycles. The van der Waals surface area contributed by atoms with Crippen LogP contribution in [0.15, 0.2) is 251 Å². The van der Waals surface area contributed by atoms with E-state index >= 15 is 0 Å². The minimum absolute atomic E-state index is 0.755. The van der Waals surface area contributed by atoms with E-state index in [4.69, 9.17) is 8.83 Å². The minimum Gasteiger partial charge on any atom is -0.454 e. The SMILES string of the molecule is Cc1cccc(N(c2ccc3c(c2)C(c2ccccc2)(c2ccccc2)c2cc(N(c4cccc(C)c4)c4cccc5c4oc4ccccc45)c4ccccc4c2-3)c2cccc3c2oc2ccccc23)c1. The van der Waals surface area contributed by atoms with E-state index in [1.807, 2.05) is 12.1 Å². The van der Waals surface area contributed by atoms with Crippen LogP contribution in [-0.2, 0) is 5.41 Å². The molecule has 13 aromatic rings. The quantitative estimate of drug-likeness (QED) is 0.152. The van der Waals surface area contributed by atoms with Gasteiger partial charge in [-0.15, -0.1) is 0 Å². The molecule has 14 rings (SSSR count). The Kier molecular flexibility index (Phi) is 9.21. The van der Waals surface area contributed by atoms with Crippen molar-refractivity contribution in [2.45, 2.75) is 19.3 Å². The Morgan fingerprint density at radius 3 is 1.37 bits per heavy atom. The zero-order chi connectivity index (χ0) is 47.2. The number of anilines is 6. The van der Waals surface area contributed by atoms with Crippen molar-refractivity contribution < 1.29 is 8.83 Å². The van der Waals surface area contributed by atoms with E-state index in [-0.39, 0.29) is 0 Å². The van der Waals surface area contributed by atoms with E-state index in [2.05, 4.69) is 254 Å². The van der Waals surface area contributed by atoms with Crippen molar-refractivity contribution in [3.8, 4) is 11.1 Å². The van der Waals surface area contributed by atoms with Crippen LogP contribution in [0, 0.1) is 13.8 Å². The summed E-state index contributed by atoms with van der Waals surface area (Å²) >= 11 is 0. The molecule has 0 bridgehead atoms. The van der Waals surface area contributed by atoms with Gasteiger partial charge in [-0.1, -0.05) is 176 Å². The molecule has 0 fully saturated rings. The van der Waals surface area contributed by atoms with Crippen molar-refractivity contribution in [1.82, 2.24) is 0 Å². The Morgan fingerprint density at radius 2 is 0.789 bits per heavy atom. The molecule has 0 spiro atoms. The first-order chi connectivity index (χ1) is 35.0. The molecule has 2 heterocycles. The third kappa shape index (κ3) is 6.17. The zero-order valence-corrected chi connectivity index (χ0v) is 39.3. The molecule has 11 aromatic carbocycles. The molecule has 4 heteroatoms. The fraction of sp³-hybridized carbons (Fsp3) is 0.0448. The maximum Gasteiger partial charge on any atom is 0.159 e. The molecule has 71 heavy (non-hydrogen) atoms. The molecule has 0 saturated carbocycles. The Hall–Kier alpha value is -9.12.